The predicted octanol–water partition coefficient (Wildman–Crippen LogP) is 3.28. The molecule has 24 heavy (non-hydrogen) atoms. The normalized spacial score (nSPS) is 16.3. The minimum absolute atomic E-state index is 0. The smallest absolute Gasteiger partial charge is 0.194 e. The van der Waals surface area contributed by atoms with Gasteiger partial charge in [-0.05, 0) is 32.8 Å². The highest BCUT2D eigenvalue weighted by Crippen LogP contribution is 2.25. The molecule has 1 aromatic carbocycles. The summed E-state index contributed by atoms with van der Waals surface area (Å²) in [7, 11) is 0. The van der Waals surface area contributed by atoms with Crippen molar-refractivity contribution in [3.05, 3.63) is 35.6 Å². The molecule has 2 N–H and O–H groups in total. The highest BCUT2D eigenvalue weighted by atomic mass is 127. The van der Waals surface area contributed by atoms with E-state index in [1.54, 1.807) is 0 Å². The maximum absolute atomic E-state index is 9.66. The lowest BCUT2D eigenvalue weighted by Crippen LogP contribution is -2.46. The van der Waals surface area contributed by atoms with Gasteiger partial charge in [0.05, 0.1) is 6.10 Å². The summed E-state index contributed by atoms with van der Waals surface area (Å²) in [6.07, 6.45) is 1.43. The predicted molar refractivity (Wildman–Crippen MR) is 108 cm³/mol. The fourth-order valence-corrected chi connectivity index (χ4v) is 3.03. The summed E-state index contributed by atoms with van der Waals surface area (Å²) >= 11 is 0. The molecule has 1 aliphatic heterocycles. The second kappa shape index (κ2) is 8.71. The van der Waals surface area contributed by atoms with E-state index in [9.17, 15) is 5.11 Å². The Hall–Kier alpha value is -1.28. The van der Waals surface area contributed by atoms with Crippen molar-refractivity contribution < 1.29 is 9.52 Å². The number of fused-ring (bicyclic) bond motifs is 1. The number of para-hydroxylation sites is 1. The Labute approximate surface area is 160 Å². The molecule has 0 aliphatic carbocycles. The average Bonchev–Trinajstić information content (AvgIpc) is 2.89. The third kappa shape index (κ3) is 4.22. The van der Waals surface area contributed by atoms with Crippen LogP contribution in [-0.4, -0.2) is 41.7 Å². The number of hydrogen-bond acceptors (Lipinski definition) is 3. The lowest BCUT2D eigenvalue weighted by Gasteiger charge is -2.32. The second-order valence-electron chi connectivity index (χ2n) is 6.03. The van der Waals surface area contributed by atoms with Crippen LogP contribution < -0.4 is 5.32 Å². The number of aliphatic hydroxyl groups is 1. The molecule has 0 bridgehead atoms. The zero-order valence-electron chi connectivity index (χ0n) is 14.3. The number of furan rings is 1. The molecule has 0 unspecified atom stereocenters. The van der Waals surface area contributed by atoms with Crippen LogP contribution in [0, 0.1) is 6.92 Å². The highest BCUT2D eigenvalue weighted by Gasteiger charge is 2.20. The Morgan fingerprint density at radius 2 is 2.04 bits per heavy atom. The Kier molecular flexibility index (Phi) is 6.91. The van der Waals surface area contributed by atoms with Crippen molar-refractivity contribution >= 4 is 40.9 Å². The zero-order valence-corrected chi connectivity index (χ0v) is 16.6. The van der Waals surface area contributed by atoms with Crippen LogP contribution in [0.5, 0.6) is 0 Å². The second-order valence-corrected chi connectivity index (χ2v) is 6.03. The molecular weight excluding hydrogens is 417 g/mol. The first-order chi connectivity index (χ1) is 11.2. The molecule has 0 spiro atoms. The molecule has 3 rings (SSSR count). The number of likely N-dealkylation sites (tertiary alicyclic amines) is 1. The van der Waals surface area contributed by atoms with E-state index in [1.165, 1.54) is 0 Å². The molecule has 0 saturated carbocycles. The Morgan fingerprint density at radius 1 is 1.33 bits per heavy atom. The van der Waals surface area contributed by atoms with Gasteiger partial charge in [0.15, 0.2) is 5.96 Å². The maximum Gasteiger partial charge on any atom is 0.194 e. The molecule has 1 saturated heterocycles. The fraction of sp³-hybridized carbons (Fsp3) is 0.500. The van der Waals surface area contributed by atoms with Crippen LogP contribution in [0.25, 0.3) is 11.0 Å². The van der Waals surface area contributed by atoms with Gasteiger partial charge in [-0.25, -0.2) is 4.99 Å². The Bertz CT molecular complexity index is 691. The van der Waals surface area contributed by atoms with Crippen molar-refractivity contribution in [3.63, 3.8) is 0 Å². The number of nitrogens with one attached hydrogen (secondary N) is 1. The van der Waals surface area contributed by atoms with Crippen molar-refractivity contribution in [1.82, 2.24) is 10.2 Å². The van der Waals surface area contributed by atoms with Crippen molar-refractivity contribution in [1.29, 1.82) is 0 Å². The van der Waals surface area contributed by atoms with Gasteiger partial charge in [0.2, 0.25) is 0 Å². The summed E-state index contributed by atoms with van der Waals surface area (Å²) in [4.78, 5) is 6.96. The molecule has 5 nitrogen and oxygen atoms in total. The summed E-state index contributed by atoms with van der Waals surface area (Å²) in [6.45, 7) is 7.19. The first kappa shape index (κ1) is 19.1. The van der Waals surface area contributed by atoms with E-state index in [2.05, 4.69) is 30.1 Å². The standard InChI is InChI=1S/C18H25N3O2.HI/c1-3-19-18(21-10-8-14(22)9-11-21)20-12-17-13(2)15-6-4-5-7-16(15)23-17;/h4-7,14,22H,3,8-12H2,1-2H3,(H,19,20);1H. The minimum Gasteiger partial charge on any atom is -0.459 e. The molecular formula is C18H26IN3O2. The van der Waals surface area contributed by atoms with Gasteiger partial charge >= 0.3 is 0 Å². The molecule has 2 aromatic rings. The summed E-state index contributed by atoms with van der Waals surface area (Å²) in [5.74, 6) is 1.82. The van der Waals surface area contributed by atoms with E-state index >= 15 is 0 Å². The number of halogens is 1. The lowest BCUT2D eigenvalue weighted by atomic mass is 10.1. The first-order valence-electron chi connectivity index (χ1n) is 8.37. The lowest BCUT2D eigenvalue weighted by molar-refractivity contribution is 0.108. The number of nitrogens with zero attached hydrogens (tertiary/aromatic N) is 2. The van der Waals surface area contributed by atoms with Crippen molar-refractivity contribution in [3.8, 4) is 0 Å². The topological polar surface area (TPSA) is 61.0 Å². The summed E-state index contributed by atoms with van der Waals surface area (Å²) in [5, 5.41) is 14.2. The Balaban J connectivity index is 0.00000208. The number of piperidine rings is 1. The van der Waals surface area contributed by atoms with Crippen LogP contribution in [0.2, 0.25) is 0 Å². The van der Waals surface area contributed by atoms with Gasteiger partial charge in [-0.15, -0.1) is 24.0 Å². The van der Waals surface area contributed by atoms with Gasteiger partial charge < -0.3 is 19.7 Å². The van der Waals surface area contributed by atoms with E-state index in [-0.39, 0.29) is 30.1 Å². The van der Waals surface area contributed by atoms with E-state index in [1.807, 2.05) is 18.2 Å². The SMILES string of the molecule is CCNC(=NCc1oc2ccccc2c1C)N1CCC(O)CC1.I. The largest absolute Gasteiger partial charge is 0.459 e. The van der Waals surface area contributed by atoms with Crippen LogP contribution in [0.1, 0.15) is 31.1 Å². The number of guanidine groups is 1. The molecule has 1 aromatic heterocycles. The van der Waals surface area contributed by atoms with E-state index in [0.717, 1.165) is 60.7 Å². The summed E-state index contributed by atoms with van der Waals surface area (Å²) < 4.78 is 5.94. The maximum atomic E-state index is 9.66. The molecule has 1 fully saturated rings. The van der Waals surface area contributed by atoms with Crippen LogP contribution in [0.4, 0.5) is 0 Å². The monoisotopic (exact) mass is 443 g/mol. The first-order valence-corrected chi connectivity index (χ1v) is 8.37. The molecule has 1 aliphatic rings. The van der Waals surface area contributed by atoms with Gasteiger partial charge in [-0.2, -0.15) is 0 Å². The molecule has 0 atom stereocenters. The van der Waals surface area contributed by atoms with Crippen molar-refractivity contribution in [2.75, 3.05) is 19.6 Å². The third-order valence-electron chi connectivity index (χ3n) is 4.41. The van der Waals surface area contributed by atoms with Gasteiger partial charge in [-0.1, -0.05) is 18.2 Å². The number of aliphatic hydroxyl groups excluding tert-OH is 1. The summed E-state index contributed by atoms with van der Waals surface area (Å²) in [5.41, 5.74) is 2.08. The number of hydrogen-bond donors (Lipinski definition) is 2. The fourth-order valence-electron chi connectivity index (χ4n) is 3.03. The van der Waals surface area contributed by atoms with Crippen LogP contribution in [0.3, 0.4) is 0 Å². The van der Waals surface area contributed by atoms with Gasteiger partial charge in [0.1, 0.15) is 17.9 Å². The number of rotatable bonds is 3. The number of aliphatic imine (C=N–C) groups is 1. The van der Waals surface area contributed by atoms with Gasteiger partial charge in [0, 0.05) is 30.6 Å². The third-order valence-corrected chi connectivity index (χ3v) is 4.41. The minimum atomic E-state index is -0.174. The molecule has 132 valence electrons. The van der Waals surface area contributed by atoms with Crippen LogP contribution in [0.15, 0.2) is 33.7 Å². The quantitative estimate of drug-likeness (QED) is 0.435. The van der Waals surface area contributed by atoms with E-state index in [0.29, 0.717) is 6.54 Å². The molecule has 0 amide bonds. The van der Waals surface area contributed by atoms with Crippen LogP contribution >= 0.6 is 24.0 Å². The zero-order chi connectivity index (χ0) is 16.2. The average molecular weight is 443 g/mol. The van der Waals surface area contributed by atoms with E-state index in [4.69, 9.17) is 9.41 Å². The number of benzene rings is 1. The van der Waals surface area contributed by atoms with Crippen molar-refractivity contribution in [2.24, 2.45) is 4.99 Å². The molecule has 2 heterocycles. The highest BCUT2D eigenvalue weighted by molar-refractivity contribution is 14.0. The molecule has 6 heteroatoms. The van der Waals surface area contributed by atoms with Gasteiger partial charge in [-0.3, -0.25) is 0 Å². The Morgan fingerprint density at radius 3 is 2.71 bits per heavy atom. The van der Waals surface area contributed by atoms with Crippen LogP contribution in [-0.2, 0) is 6.54 Å². The molecule has 0 radical (unpaired) electrons. The summed E-state index contributed by atoms with van der Waals surface area (Å²) in [6, 6.07) is 8.09. The van der Waals surface area contributed by atoms with Crippen molar-refractivity contribution in [2.45, 2.75) is 39.3 Å². The number of aryl methyl sites for hydroxylation is 1. The van der Waals surface area contributed by atoms with E-state index < -0.39 is 0 Å². The van der Waals surface area contributed by atoms with Gasteiger partial charge in [0.25, 0.3) is 0 Å².